The van der Waals surface area contributed by atoms with Crippen molar-refractivity contribution in [3.8, 4) is 0 Å². The van der Waals surface area contributed by atoms with Gasteiger partial charge in [-0.1, -0.05) is 13.8 Å². The van der Waals surface area contributed by atoms with E-state index in [9.17, 15) is 19.5 Å². The molecule has 1 aliphatic rings. The lowest BCUT2D eigenvalue weighted by atomic mass is 9.76. The highest BCUT2D eigenvalue weighted by molar-refractivity contribution is 5.80. The molecule has 26 heavy (non-hydrogen) atoms. The highest BCUT2D eigenvalue weighted by Gasteiger charge is 2.51. The normalized spacial score (nSPS) is 17.4. The predicted octanol–water partition coefficient (Wildman–Crippen LogP) is 1.88. The summed E-state index contributed by atoms with van der Waals surface area (Å²) in [5.74, 6) is -1.16. The van der Waals surface area contributed by atoms with Gasteiger partial charge in [0, 0.05) is 13.1 Å². The topological polar surface area (TPSA) is 105 Å². The van der Waals surface area contributed by atoms with Crippen LogP contribution in [0.3, 0.4) is 0 Å². The van der Waals surface area contributed by atoms with E-state index in [2.05, 4.69) is 10.1 Å². The van der Waals surface area contributed by atoms with E-state index in [1.165, 1.54) is 12.0 Å². The highest BCUT2D eigenvalue weighted by atomic mass is 16.6. The number of amides is 1. The summed E-state index contributed by atoms with van der Waals surface area (Å²) in [7, 11) is 1.27. The van der Waals surface area contributed by atoms with Gasteiger partial charge in [-0.2, -0.15) is 0 Å². The van der Waals surface area contributed by atoms with Gasteiger partial charge in [0.25, 0.3) is 0 Å². The van der Waals surface area contributed by atoms with Gasteiger partial charge in [0.05, 0.1) is 7.11 Å². The molecule has 1 unspecified atom stereocenters. The van der Waals surface area contributed by atoms with Gasteiger partial charge < -0.3 is 24.8 Å². The van der Waals surface area contributed by atoms with Crippen LogP contribution in [0.25, 0.3) is 0 Å². The van der Waals surface area contributed by atoms with Gasteiger partial charge in [0.2, 0.25) is 0 Å². The van der Waals surface area contributed by atoms with Gasteiger partial charge in [-0.3, -0.25) is 9.59 Å². The van der Waals surface area contributed by atoms with Crippen LogP contribution in [0.4, 0.5) is 4.79 Å². The van der Waals surface area contributed by atoms with Crippen molar-refractivity contribution in [3.05, 3.63) is 0 Å². The van der Waals surface area contributed by atoms with E-state index < -0.39 is 29.1 Å². The van der Waals surface area contributed by atoms with E-state index >= 15 is 0 Å². The minimum absolute atomic E-state index is 0.0526. The number of carboxylic acid groups (broad SMARTS) is 1. The van der Waals surface area contributed by atoms with Gasteiger partial charge in [-0.15, -0.1) is 0 Å². The SMILES string of the molecule is COC(=O)N1CC(CCCNC(C(=O)OC(C)(C)C)C(C)C)(C(=O)O)C1. The van der Waals surface area contributed by atoms with Crippen LogP contribution in [0.15, 0.2) is 0 Å². The van der Waals surface area contributed by atoms with Crippen LogP contribution in [0, 0.1) is 11.3 Å². The first kappa shape index (κ1) is 22.2. The Morgan fingerprint density at radius 2 is 1.81 bits per heavy atom. The number of carbonyl (C=O) groups excluding carboxylic acids is 2. The van der Waals surface area contributed by atoms with Crippen molar-refractivity contribution in [1.29, 1.82) is 0 Å². The molecule has 1 atom stereocenters. The van der Waals surface area contributed by atoms with Crippen LogP contribution in [-0.2, 0) is 19.1 Å². The van der Waals surface area contributed by atoms with Crippen molar-refractivity contribution >= 4 is 18.0 Å². The molecule has 0 aromatic rings. The third kappa shape index (κ3) is 5.86. The molecule has 1 aliphatic heterocycles. The molecule has 0 radical (unpaired) electrons. The zero-order chi connectivity index (χ0) is 20.1. The van der Waals surface area contributed by atoms with Crippen molar-refractivity contribution in [2.24, 2.45) is 11.3 Å². The summed E-state index contributed by atoms with van der Waals surface area (Å²) >= 11 is 0. The Labute approximate surface area is 155 Å². The molecule has 2 N–H and O–H groups in total. The van der Waals surface area contributed by atoms with E-state index in [4.69, 9.17) is 4.74 Å². The summed E-state index contributed by atoms with van der Waals surface area (Å²) in [6.45, 7) is 10.1. The number of ether oxygens (including phenoxy) is 2. The number of methoxy groups -OCH3 is 1. The molecule has 1 rings (SSSR count). The number of nitrogens with one attached hydrogen (secondary N) is 1. The number of likely N-dealkylation sites (tertiary alicyclic amines) is 1. The Hall–Kier alpha value is -1.83. The number of rotatable bonds is 8. The molecule has 0 spiro atoms. The first-order valence-corrected chi connectivity index (χ1v) is 8.94. The maximum atomic E-state index is 12.3. The average Bonchev–Trinajstić information content (AvgIpc) is 2.45. The van der Waals surface area contributed by atoms with E-state index in [1.54, 1.807) is 0 Å². The van der Waals surface area contributed by atoms with E-state index in [0.29, 0.717) is 19.4 Å². The zero-order valence-electron chi connectivity index (χ0n) is 16.6. The van der Waals surface area contributed by atoms with Gasteiger partial charge in [0.1, 0.15) is 17.1 Å². The third-order valence-corrected chi connectivity index (χ3v) is 4.40. The van der Waals surface area contributed by atoms with Crippen LogP contribution in [0.1, 0.15) is 47.5 Å². The van der Waals surface area contributed by atoms with Gasteiger partial charge in [-0.05, 0) is 46.1 Å². The molecule has 1 saturated heterocycles. The summed E-state index contributed by atoms with van der Waals surface area (Å²) in [6.07, 6.45) is 0.486. The Morgan fingerprint density at radius 1 is 1.23 bits per heavy atom. The lowest BCUT2D eigenvalue weighted by molar-refractivity contribution is -0.160. The number of carboxylic acids is 1. The standard InChI is InChI=1S/C18H32N2O6/c1-12(2)13(14(21)26-17(3,4)5)19-9-7-8-18(15(22)23)10-20(11-18)16(24)25-6/h12-13,19H,7-11H2,1-6H3,(H,22,23). The van der Waals surface area contributed by atoms with Crippen molar-refractivity contribution in [2.45, 2.75) is 59.1 Å². The van der Waals surface area contributed by atoms with E-state index in [1.807, 2.05) is 34.6 Å². The average molecular weight is 372 g/mol. The number of carbonyl (C=O) groups is 3. The fourth-order valence-corrected chi connectivity index (χ4v) is 2.98. The molecule has 0 bridgehead atoms. The van der Waals surface area contributed by atoms with Gasteiger partial charge in [-0.25, -0.2) is 4.79 Å². The molecule has 1 fully saturated rings. The summed E-state index contributed by atoms with van der Waals surface area (Å²) in [5.41, 5.74) is -1.49. The summed E-state index contributed by atoms with van der Waals surface area (Å²) < 4.78 is 10.0. The molecule has 1 amide bonds. The fourth-order valence-electron chi connectivity index (χ4n) is 2.98. The van der Waals surface area contributed by atoms with Crippen LogP contribution in [-0.4, -0.2) is 66.4 Å². The predicted molar refractivity (Wildman–Crippen MR) is 95.8 cm³/mol. The smallest absolute Gasteiger partial charge is 0.409 e. The van der Waals surface area contributed by atoms with Gasteiger partial charge in [0.15, 0.2) is 0 Å². The monoisotopic (exact) mass is 372 g/mol. The molecule has 1 heterocycles. The first-order valence-electron chi connectivity index (χ1n) is 8.94. The van der Waals surface area contributed by atoms with Crippen molar-refractivity contribution in [1.82, 2.24) is 10.2 Å². The van der Waals surface area contributed by atoms with Crippen molar-refractivity contribution in [2.75, 3.05) is 26.7 Å². The van der Waals surface area contributed by atoms with Gasteiger partial charge >= 0.3 is 18.0 Å². The fraction of sp³-hybridized carbons (Fsp3) is 0.833. The molecule has 0 saturated carbocycles. The second-order valence-electron chi connectivity index (χ2n) is 8.22. The second-order valence-corrected chi connectivity index (χ2v) is 8.22. The number of esters is 1. The number of hydrogen-bond acceptors (Lipinski definition) is 6. The maximum Gasteiger partial charge on any atom is 0.409 e. The second kappa shape index (κ2) is 8.70. The Bertz CT molecular complexity index is 520. The van der Waals surface area contributed by atoms with Crippen LogP contribution in [0.5, 0.6) is 0 Å². The van der Waals surface area contributed by atoms with Crippen LogP contribution >= 0.6 is 0 Å². The van der Waals surface area contributed by atoms with Crippen LogP contribution < -0.4 is 5.32 Å². The summed E-state index contributed by atoms with van der Waals surface area (Å²) in [6, 6.07) is -0.442. The largest absolute Gasteiger partial charge is 0.481 e. The first-order chi connectivity index (χ1) is 11.9. The van der Waals surface area contributed by atoms with Crippen molar-refractivity contribution in [3.63, 3.8) is 0 Å². The Kier molecular flexibility index (Phi) is 7.44. The Morgan fingerprint density at radius 3 is 2.23 bits per heavy atom. The van der Waals surface area contributed by atoms with Crippen molar-refractivity contribution < 1.29 is 29.0 Å². The van der Waals surface area contributed by atoms with E-state index in [0.717, 1.165) is 0 Å². The van der Waals surface area contributed by atoms with E-state index in [-0.39, 0.29) is 25.0 Å². The Balaban J connectivity index is 2.51. The molecule has 0 aliphatic carbocycles. The molecule has 150 valence electrons. The molecular weight excluding hydrogens is 340 g/mol. The lowest BCUT2D eigenvalue weighted by Gasteiger charge is -2.46. The number of aliphatic carboxylic acids is 1. The molecule has 0 aromatic carbocycles. The zero-order valence-corrected chi connectivity index (χ0v) is 16.6. The number of nitrogens with zero attached hydrogens (tertiary/aromatic N) is 1. The molecule has 0 aromatic heterocycles. The molecule has 8 heteroatoms. The minimum Gasteiger partial charge on any atom is -0.481 e. The quantitative estimate of drug-likeness (QED) is 0.495. The summed E-state index contributed by atoms with van der Waals surface area (Å²) in [5, 5.41) is 12.7. The maximum absolute atomic E-state index is 12.3. The van der Waals surface area contributed by atoms with Crippen LogP contribution in [0.2, 0.25) is 0 Å². The summed E-state index contributed by atoms with van der Waals surface area (Å²) in [4.78, 5) is 36.7. The third-order valence-electron chi connectivity index (χ3n) is 4.40. The minimum atomic E-state index is -0.935. The number of hydrogen-bond donors (Lipinski definition) is 2. The highest BCUT2D eigenvalue weighted by Crippen LogP contribution is 2.35. The molecular formula is C18H32N2O6. The lowest BCUT2D eigenvalue weighted by Crippen LogP contribution is -2.62. The molecule has 8 nitrogen and oxygen atoms in total.